The number of nitrogens with one attached hydrogen (secondary N) is 1. The van der Waals surface area contributed by atoms with Crippen LogP contribution in [0.3, 0.4) is 0 Å². The van der Waals surface area contributed by atoms with Crippen molar-refractivity contribution in [1.29, 1.82) is 0 Å². The highest BCUT2D eigenvalue weighted by atomic mass is 32.2. The van der Waals surface area contributed by atoms with Gasteiger partial charge in [-0.2, -0.15) is 0 Å². The fourth-order valence-corrected chi connectivity index (χ4v) is 5.90. The molecule has 0 radical (unpaired) electrons. The van der Waals surface area contributed by atoms with Crippen molar-refractivity contribution >= 4 is 15.9 Å². The standard InChI is InChI=1S/C19H26N2O5S/c22-19(14-7-8-18-15(10-14)12-25-13-26-18)21-9-3-6-17(11-21)27(23,24)20-16-4-1-2-5-16/h7-8,10,16-17,20H,1-6,9,11-13H2/t17-/m1/s1. The van der Waals surface area contributed by atoms with Crippen LogP contribution in [0.1, 0.15) is 54.4 Å². The molecule has 0 aromatic heterocycles. The van der Waals surface area contributed by atoms with E-state index in [2.05, 4.69) is 4.72 Å². The first-order valence-corrected chi connectivity index (χ1v) is 11.2. The summed E-state index contributed by atoms with van der Waals surface area (Å²) in [5.41, 5.74) is 1.39. The van der Waals surface area contributed by atoms with Crippen molar-refractivity contribution in [3.63, 3.8) is 0 Å². The normalized spacial score (nSPS) is 23.7. The lowest BCUT2D eigenvalue weighted by molar-refractivity contribution is -0.0164. The highest BCUT2D eigenvalue weighted by Gasteiger charge is 2.35. The van der Waals surface area contributed by atoms with Gasteiger partial charge < -0.3 is 14.4 Å². The van der Waals surface area contributed by atoms with Gasteiger partial charge in [0.2, 0.25) is 10.0 Å². The van der Waals surface area contributed by atoms with Gasteiger partial charge >= 0.3 is 0 Å². The number of likely N-dealkylation sites (tertiary alicyclic amines) is 1. The molecule has 27 heavy (non-hydrogen) atoms. The Morgan fingerprint density at radius 2 is 1.96 bits per heavy atom. The number of piperidine rings is 1. The Balaban J connectivity index is 1.45. The zero-order valence-electron chi connectivity index (χ0n) is 15.4. The summed E-state index contributed by atoms with van der Waals surface area (Å²) in [5, 5.41) is -0.542. The molecule has 3 aliphatic rings. The molecule has 1 amide bonds. The van der Waals surface area contributed by atoms with Gasteiger partial charge in [0.25, 0.3) is 5.91 Å². The third kappa shape index (κ3) is 4.12. The summed E-state index contributed by atoms with van der Waals surface area (Å²) in [4.78, 5) is 14.6. The van der Waals surface area contributed by atoms with E-state index in [9.17, 15) is 13.2 Å². The second-order valence-corrected chi connectivity index (χ2v) is 9.59. The van der Waals surface area contributed by atoms with Crippen LogP contribution in [-0.4, -0.2) is 50.4 Å². The molecule has 1 atom stereocenters. The average molecular weight is 394 g/mol. The van der Waals surface area contributed by atoms with Crippen molar-refractivity contribution < 1.29 is 22.7 Å². The summed E-state index contributed by atoms with van der Waals surface area (Å²) in [6.45, 7) is 1.46. The number of fused-ring (bicyclic) bond motifs is 1. The van der Waals surface area contributed by atoms with Crippen LogP contribution in [-0.2, 0) is 21.4 Å². The van der Waals surface area contributed by atoms with Crippen LogP contribution in [0, 0.1) is 0 Å². The smallest absolute Gasteiger partial charge is 0.253 e. The summed E-state index contributed by atoms with van der Waals surface area (Å²) in [5.74, 6) is 0.599. The maximum absolute atomic E-state index is 12.9. The molecule has 0 bridgehead atoms. The molecule has 1 aromatic carbocycles. The molecule has 2 heterocycles. The van der Waals surface area contributed by atoms with Crippen LogP contribution in [0.4, 0.5) is 0 Å². The number of benzene rings is 1. The zero-order chi connectivity index (χ0) is 18.9. The number of carbonyl (C=O) groups is 1. The Kier molecular flexibility index (Phi) is 5.39. The van der Waals surface area contributed by atoms with E-state index in [1.165, 1.54) is 0 Å². The summed E-state index contributed by atoms with van der Waals surface area (Å²) in [7, 11) is -3.41. The van der Waals surface area contributed by atoms with Crippen LogP contribution in [0.2, 0.25) is 0 Å². The van der Waals surface area contributed by atoms with Crippen molar-refractivity contribution in [1.82, 2.24) is 9.62 Å². The first-order valence-electron chi connectivity index (χ1n) is 9.67. The molecule has 1 saturated heterocycles. The van der Waals surface area contributed by atoms with Gasteiger partial charge in [-0.15, -0.1) is 0 Å². The molecule has 0 unspecified atom stereocenters. The number of rotatable bonds is 4. The number of ether oxygens (including phenoxy) is 2. The van der Waals surface area contributed by atoms with E-state index < -0.39 is 15.3 Å². The van der Waals surface area contributed by atoms with Crippen LogP contribution < -0.4 is 9.46 Å². The second kappa shape index (κ2) is 7.77. The maximum atomic E-state index is 12.9. The van der Waals surface area contributed by atoms with Gasteiger partial charge in [-0.25, -0.2) is 13.1 Å². The predicted octanol–water partition coefficient (Wildman–Crippen LogP) is 2.02. The lowest BCUT2D eigenvalue weighted by atomic mass is 10.1. The molecule has 148 valence electrons. The topological polar surface area (TPSA) is 84.9 Å². The molecule has 2 aliphatic heterocycles. The molecular formula is C19H26N2O5S. The van der Waals surface area contributed by atoms with E-state index in [1.807, 2.05) is 0 Å². The van der Waals surface area contributed by atoms with E-state index in [-0.39, 0.29) is 25.3 Å². The summed E-state index contributed by atoms with van der Waals surface area (Å²) in [6, 6.07) is 5.36. The molecule has 1 saturated carbocycles. The number of sulfonamides is 1. The van der Waals surface area contributed by atoms with E-state index >= 15 is 0 Å². The third-order valence-corrected chi connectivity index (χ3v) is 7.58. The zero-order valence-corrected chi connectivity index (χ0v) is 16.2. The van der Waals surface area contributed by atoms with Gasteiger partial charge in [-0.1, -0.05) is 12.8 Å². The minimum absolute atomic E-state index is 0.0572. The quantitative estimate of drug-likeness (QED) is 0.845. The Bertz CT molecular complexity index is 804. The Hall–Kier alpha value is -1.64. The summed E-state index contributed by atoms with van der Waals surface area (Å²) >= 11 is 0. The van der Waals surface area contributed by atoms with Crippen molar-refractivity contribution in [2.75, 3.05) is 19.9 Å². The molecule has 2 fully saturated rings. The van der Waals surface area contributed by atoms with Gasteiger partial charge in [0, 0.05) is 30.3 Å². The first kappa shape index (κ1) is 18.7. The van der Waals surface area contributed by atoms with Gasteiger partial charge in [-0.3, -0.25) is 4.79 Å². The minimum atomic E-state index is -3.41. The van der Waals surface area contributed by atoms with E-state index in [0.717, 1.165) is 37.0 Å². The van der Waals surface area contributed by atoms with Crippen molar-refractivity contribution in [3.8, 4) is 5.75 Å². The molecule has 0 spiro atoms. The molecular weight excluding hydrogens is 368 g/mol. The van der Waals surface area contributed by atoms with E-state index in [0.29, 0.717) is 31.6 Å². The highest BCUT2D eigenvalue weighted by molar-refractivity contribution is 7.90. The molecule has 1 aromatic rings. The van der Waals surface area contributed by atoms with Crippen LogP contribution in [0.15, 0.2) is 18.2 Å². The van der Waals surface area contributed by atoms with E-state index in [4.69, 9.17) is 9.47 Å². The van der Waals surface area contributed by atoms with Crippen molar-refractivity contribution in [2.45, 2.75) is 56.4 Å². The lowest BCUT2D eigenvalue weighted by Gasteiger charge is -2.33. The average Bonchev–Trinajstić information content (AvgIpc) is 3.19. The highest BCUT2D eigenvalue weighted by Crippen LogP contribution is 2.27. The predicted molar refractivity (Wildman–Crippen MR) is 100.0 cm³/mol. The molecule has 1 N–H and O–H groups in total. The first-order chi connectivity index (χ1) is 13.0. The minimum Gasteiger partial charge on any atom is -0.467 e. The Morgan fingerprint density at radius 1 is 1.15 bits per heavy atom. The fourth-order valence-electron chi connectivity index (χ4n) is 4.15. The number of nitrogens with zero attached hydrogens (tertiary/aromatic N) is 1. The van der Waals surface area contributed by atoms with Gasteiger partial charge in [0.15, 0.2) is 6.79 Å². The number of amides is 1. The monoisotopic (exact) mass is 394 g/mol. The van der Waals surface area contributed by atoms with Crippen LogP contribution >= 0.6 is 0 Å². The second-order valence-electron chi connectivity index (χ2n) is 7.59. The Labute approximate surface area is 160 Å². The molecule has 8 heteroatoms. The summed E-state index contributed by atoms with van der Waals surface area (Å²) in [6.07, 6.45) is 5.26. The van der Waals surface area contributed by atoms with Gasteiger partial charge in [-0.05, 0) is 43.9 Å². The molecule has 1 aliphatic carbocycles. The van der Waals surface area contributed by atoms with Crippen LogP contribution in [0.25, 0.3) is 0 Å². The maximum Gasteiger partial charge on any atom is 0.253 e. The van der Waals surface area contributed by atoms with Crippen molar-refractivity contribution in [3.05, 3.63) is 29.3 Å². The molecule has 7 nitrogen and oxygen atoms in total. The fraction of sp³-hybridized carbons (Fsp3) is 0.632. The lowest BCUT2D eigenvalue weighted by Crippen LogP contribution is -2.49. The number of hydrogen-bond acceptors (Lipinski definition) is 5. The van der Waals surface area contributed by atoms with Gasteiger partial charge in [0.1, 0.15) is 5.75 Å². The van der Waals surface area contributed by atoms with E-state index in [1.54, 1.807) is 23.1 Å². The third-order valence-electron chi connectivity index (χ3n) is 5.65. The SMILES string of the molecule is O=C(c1ccc2c(c1)COCO2)N1CCC[C@@H](S(=O)(=O)NC2CCCC2)C1. The number of carbonyl (C=O) groups excluding carboxylic acids is 1. The van der Waals surface area contributed by atoms with Gasteiger partial charge in [0.05, 0.1) is 11.9 Å². The largest absolute Gasteiger partial charge is 0.467 e. The Morgan fingerprint density at radius 3 is 2.78 bits per heavy atom. The van der Waals surface area contributed by atoms with Crippen molar-refractivity contribution in [2.24, 2.45) is 0 Å². The van der Waals surface area contributed by atoms with Crippen LogP contribution in [0.5, 0.6) is 5.75 Å². The number of hydrogen-bond donors (Lipinski definition) is 1. The summed E-state index contributed by atoms with van der Waals surface area (Å²) < 4.78 is 39.0. The molecule has 4 rings (SSSR count).